The lowest BCUT2D eigenvalue weighted by molar-refractivity contribution is -0.127. The number of Topliss-reactive ketones (excluding diaryl/α,β-unsaturated/α-hetero) is 1. The molecule has 20 heavy (non-hydrogen) atoms. The van der Waals surface area contributed by atoms with Gasteiger partial charge in [-0.05, 0) is 12.0 Å². The van der Waals surface area contributed by atoms with Gasteiger partial charge in [0.1, 0.15) is 5.78 Å². The maximum Gasteiger partial charge on any atom is 0.239 e. The summed E-state index contributed by atoms with van der Waals surface area (Å²) in [7, 11) is 0. The van der Waals surface area contributed by atoms with Crippen LogP contribution in [0.25, 0.3) is 0 Å². The van der Waals surface area contributed by atoms with Crippen molar-refractivity contribution < 1.29 is 9.59 Å². The second kappa shape index (κ2) is 7.20. The van der Waals surface area contributed by atoms with Gasteiger partial charge < -0.3 is 0 Å². The van der Waals surface area contributed by atoms with Crippen molar-refractivity contribution in [2.24, 2.45) is 5.92 Å². The minimum atomic E-state index is -0.300. The molecule has 2 rings (SSSR count). The van der Waals surface area contributed by atoms with Crippen LogP contribution in [0.4, 0.5) is 0 Å². The molecule has 2 atom stereocenters. The van der Waals surface area contributed by atoms with E-state index in [2.05, 4.69) is 17.8 Å². The van der Waals surface area contributed by atoms with Crippen LogP contribution in [0.3, 0.4) is 0 Å². The van der Waals surface area contributed by atoms with Crippen LogP contribution in [0, 0.1) is 5.92 Å². The van der Waals surface area contributed by atoms with Gasteiger partial charge in [0.25, 0.3) is 0 Å². The lowest BCUT2D eigenvalue weighted by atomic mass is 9.89. The number of unbranched alkanes of at least 4 members (excludes halogenated alkanes) is 2. The van der Waals surface area contributed by atoms with Crippen molar-refractivity contribution in [3.8, 4) is 0 Å². The molecule has 4 nitrogen and oxygen atoms in total. The third-order valence-electron chi connectivity index (χ3n) is 3.76. The third kappa shape index (κ3) is 3.67. The normalized spacial score (nSPS) is 21.8. The first-order chi connectivity index (χ1) is 9.72. The Kier molecular flexibility index (Phi) is 5.30. The van der Waals surface area contributed by atoms with Crippen LogP contribution in [0.2, 0.25) is 0 Å². The van der Waals surface area contributed by atoms with Crippen molar-refractivity contribution in [1.29, 1.82) is 0 Å². The molecule has 1 saturated heterocycles. The Hall–Kier alpha value is -1.68. The smallest absolute Gasteiger partial charge is 0.239 e. The van der Waals surface area contributed by atoms with Gasteiger partial charge in [0, 0.05) is 12.8 Å². The lowest BCUT2D eigenvalue weighted by Gasteiger charge is -2.16. The highest BCUT2D eigenvalue weighted by molar-refractivity contribution is 5.88. The van der Waals surface area contributed by atoms with Gasteiger partial charge in [-0.2, -0.15) is 0 Å². The molecular formula is C16H22N2O2. The molecule has 1 aliphatic rings. The Morgan fingerprint density at radius 2 is 1.95 bits per heavy atom. The molecule has 108 valence electrons. The van der Waals surface area contributed by atoms with Gasteiger partial charge in [-0.1, -0.05) is 50.1 Å². The molecule has 4 heteroatoms. The minimum absolute atomic E-state index is 0.0808. The molecule has 1 aromatic rings. The maximum atomic E-state index is 12.0. The molecular weight excluding hydrogens is 252 g/mol. The van der Waals surface area contributed by atoms with E-state index >= 15 is 0 Å². The molecule has 2 N–H and O–H groups in total. The van der Waals surface area contributed by atoms with Gasteiger partial charge in [-0.15, -0.1) is 0 Å². The summed E-state index contributed by atoms with van der Waals surface area (Å²) in [6.45, 7) is 2.12. The molecule has 1 aromatic carbocycles. The molecule has 1 heterocycles. The van der Waals surface area contributed by atoms with Gasteiger partial charge in [0.15, 0.2) is 0 Å². The van der Waals surface area contributed by atoms with Crippen molar-refractivity contribution in [3.05, 3.63) is 35.9 Å². The number of hydrazine groups is 1. The van der Waals surface area contributed by atoms with E-state index in [9.17, 15) is 9.59 Å². The van der Waals surface area contributed by atoms with Crippen LogP contribution >= 0.6 is 0 Å². The first-order valence-corrected chi connectivity index (χ1v) is 7.34. The van der Waals surface area contributed by atoms with Crippen molar-refractivity contribution in [2.45, 2.75) is 45.1 Å². The minimum Gasteiger partial charge on any atom is -0.300 e. The Balaban J connectivity index is 1.97. The maximum absolute atomic E-state index is 12.0. The first-order valence-electron chi connectivity index (χ1n) is 7.34. The van der Waals surface area contributed by atoms with Crippen LogP contribution in [0.1, 0.15) is 50.6 Å². The molecule has 0 aliphatic carbocycles. The summed E-state index contributed by atoms with van der Waals surface area (Å²) >= 11 is 0. The zero-order valence-corrected chi connectivity index (χ0v) is 11.9. The number of rotatable bonds is 7. The average Bonchev–Trinajstić information content (AvgIpc) is 2.82. The summed E-state index contributed by atoms with van der Waals surface area (Å²) in [5.74, 6) is -0.197. The number of hydrogen-bond acceptors (Lipinski definition) is 3. The highest BCUT2D eigenvalue weighted by Crippen LogP contribution is 2.28. The van der Waals surface area contributed by atoms with E-state index in [0.29, 0.717) is 12.8 Å². The predicted octanol–water partition coefficient (Wildman–Crippen LogP) is 2.52. The first kappa shape index (κ1) is 14.7. The largest absolute Gasteiger partial charge is 0.300 e. The summed E-state index contributed by atoms with van der Waals surface area (Å²) in [5, 5.41) is 0. The number of carbonyl (C=O) groups excluding carboxylic acids is 2. The fourth-order valence-electron chi connectivity index (χ4n) is 2.60. The van der Waals surface area contributed by atoms with E-state index in [1.165, 1.54) is 0 Å². The van der Waals surface area contributed by atoms with Gasteiger partial charge in [0.2, 0.25) is 5.91 Å². The number of benzene rings is 1. The zero-order chi connectivity index (χ0) is 14.4. The molecule has 0 saturated carbocycles. The topological polar surface area (TPSA) is 58.2 Å². The summed E-state index contributed by atoms with van der Waals surface area (Å²) in [4.78, 5) is 23.9. The number of ketones is 1. The van der Waals surface area contributed by atoms with Gasteiger partial charge >= 0.3 is 0 Å². The van der Waals surface area contributed by atoms with E-state index in [1.807, 2.05) is 30.3 Å². The Labute approximate surface area is 119 Å². The SMILES string of the molecule is CCCCCC(=O)CC1C(=O)NNC1c1ccccc1. The number of hydrogen-bond donors (Lipinski definition) is 2. The quantitative estimate of drug-likeness (QED) is 0.751. The van der Waals surface area contributed by atoms with Crippen LogP contribution in [0.5, 0.6) is 0 Å². The molecule has 0 spiro atoms. The second-order valence-electron chi connectivity index (χ2n) is 5.33. The fraction of sp³-hybridized carbons (Fsp3) is 0.500. The van der Waals surface area contributed by atoms with E-state index < -0.39 is 0 Å². The number of amides is 1. The fourth-order valence-corrected chi connectivity index (χ4v) is 2.60. The Bertz CT molecular complexity index is 459. The van der Waals surface area contributed by atoms with Crippen LogP contribution in [-0.4, -0.2) is 11.7 Å². The van der Waals surface area contributed by atoms with E-state index in [-0.39, 0.29) is 23.7 Å². The monoisotopic (exact) mass is 274 g/mol. The molecule has 0 bridgehead atoms. The molecule has 2 unspecified atom stereocenters. The van der Waals surface area contributed by atoms with Crippen LogP contribution in [-0.2, 0) is 9.59 Å². The molecule has 0 radical (unpaired) electrons. The summed E-state index contributed by atoms with van der Waals surface area (Å²) < 4.78 is 0. The Morgan fingerprint density at radius 3 is 2.65 bits per heavy atom. The van der Waals surface area contributed by atoms with Crippen molar-refractivity contribution in [1.82, 2.24) is 10.9 Å². The van der Waals surface area contributed by atoms with Crippen molar-refractivity contribution >= 4 is 11.7 Å². The van der Waals surface area contributed by atoms with Gasteiger partial charge in [-0.3, -0.25) is 15.0 Å². The number of nitrogens with one attached hydrogen (secondary N) is 2. The molecule has 1 fully saturated rings. The van der Waals surface area contributed by atoms with E-state index in [1.54, 1.807) is 0 Å². The van der Waals surface area contributed by atoms with Gasteiger partial charge in [0.05, 0.1) is 12.0 Å². The number of carbonyl (C=O) groups is 2. The van der Waals surface area contributed by atoms with E-state index in [0.717, 1.165) is 24.8 Å². The third-order valence-corrected chi connectivity index (χ3v) is 3.76. The Morgan fingerprint density at radius 1 is 1.20 bits per heavy atom. The molecule has 0 aromatic heterocycles. The zero-order valence-electron chi connectivity index (χ0n) is 11.9. The van der Waals surface area contributed by atoms with E-state index in [4.69, 9.17) is 0 Å². The highest BCUT2D eigenvalue weighted by Gasteiger charge is 2.36. The molecule has 1 aliphatic heterocycles. The van der Waals surface area contributed by atoms with Crippen LogP contribution in [0.15, 0.2) is 30.3 Å². The average molecular weight is 274 g/mol. The van der Waals surface area contributed by atoms with Crippen LogP contribution < -0.4 is 10.9 Å². The summed E-state index contributed by atoms with van der Waals surface area (Å²) in [5.41, 5.74) is 6.68. The standard InChI is InChI=1S/C16H22N2O2/c1-2-3-5-10-13(19)11-14-15(17-18-16(14)20)12-8-6-4-7-9-12/h4,6-9,14-15,17H,2-3,5,10-11H2,1H3,(H,18,20). The molecule has 1 amide bonds. The second-order valence-corrected chi connectivity index (χ2v) is 5.33. The van der Waals surface area contributed by atoms with Crippen molar-refractivity contribution in [2.75, 3.05) is 0 Å². The van der Waals surface area contributed by atoms with Gasteiger partial charge in [-0.25, -0.2) is 5.43 Å². The highest BCUT2D eigenvalue weighted by atomic mass is 16.2. The summed E-state index contributed by atoms with van der Waals surface area (Å²) in [6.07, 6.45) is 4.00. The van der Waals surface area contributed by atoms with Crippen molar-refractivity contribution in [3.63, 3.8) is 0 Å². The predicted molar refractivity (Wildman–Crippen MR) is 77.7 cm³/mol. The summed E-state index contributed by atoms with van der Waals surface area (Å²) in [6, 6.07) is 9.68. The lowest BCUT2D eigenvalue weighted by Crippen LogP contribution is -2.27.